The molecule has 2 nitrogen and oxygen atoms in total. The molecule has 2 rings (SSSR count). The summed E-state index contributed by atoms with van der Waals surface area (Å²) >= 11 is 12.5. The van der Waals surface area contributed by atoms with Crippen LogP contribution in [0.2, 0.25) is 10.3 Å². The molecule has 0 aliphatic carbocycles. The molecule has 0 bridgehead atoms. The Hall–Kier alpha value is -0.840. The first kappa shape index (κ1) is 11.6. The van der Waals surface area contributed by atoms with Crippen molar-refractivity contribution in [2.75, 3.05) is 0 Å². The molecular weight excluding hydrogens is 270 g/mol. The van der Waals surface area contributed by atoms with Crippen LogP contribution in [0.3, 0.4) is 0 Å². The Morgan fingerprint density at radius 1 is 1.25 bits per heavy atom. The van der Waals surface area contributed by atoms with E-state index in [0.29, 0.717) is 5.02 Å². The first-order valence-electron chi connectivity index (χ1n) is 4.26. The highest BCUT2D eigenvalue weighted by atomic mass is 35.5. The van der Waals surface area contributed by atoms with Crippen LogP contribution in [0, 0.1) is 5.82 Å². The third-order valence-corrected chi connectivity index (χ3v) is 3.08. The maximum atomic E-state index is 13.3. The summed E-state index contributed by atoms with van der Waals surface area (Å²) in [6, 6.07) is 7.06. The van der Waals surface area contributed by atoms with Crippen molar-refractivity contribution in [1.82, 2.24) is 9.97 Å². The van der Waals surface area contributed by atoms with Gasteiger partial charge in [-0.2, -0.15) is 0 Å². The highest BCUT2D eigenvalue weighted by Gasteiger charge is 2.08. The number of rotatable bonds is 2. The SMILES string of the molecule is Fc1cnc(Cl)nc1Sc1cccc(Cl)c1. The second-order valence-corrected chi connectivity index (χ2v) is 4.69. The van der Waals surface area contributed by atoms with Crippen LogP contribution in [0.4, 0.5) is 4.39 Å². The van der Waals surface area contributed by atoms with Crippen LogP contribution >= 0.6 is 35.0 Å². The van der Waals surface area contributed by atoms with Crippen LogP contribution in [0.1, 0.15) is 0 Å². The molecule has 16 heavy (non-hydrogen) atoms. The van der Waals surface area contributed by atoms with Gasteiger partial charge in [0.1, 0.15) is 5.03 Å². The molecular formula is C10H5Cl2FN2S. The zero-order valence-corrected chi connectivity index (χ0v) is 10.2. The minimum atomic E-state index is -0.505. The molecule has 0 spiro atoms. The van der Waals surface area contributed by atoms with Gasteiger partial charge in [-0.1, -0.05) is 29.4 Å². The number of benzene rings is 1. The Kier molecular flexibility index (Phi) is 3.63. The zero-order chi connectivity index (χ0) is 11.5. The summed E-state index contributed by atoms with van der Waals surface area (Å²) in [5.74, 6) is -0.505. The number of halogens is 3. The van der Waals surface area contributed by atoms with Crippen molar-refractivity contribution in [3.05, 3.63) is 46.6 Å². The molecule has 0 aliphatic rings. The fourth-order valence-corrected chi connectivity index (χ4v) is 2.32. The first-order chi connectivity index (χ1) is 7.65. The van der Waals surface area contributed by atoms with Crippen LogP contribution < -0.4 is 0 Å². The standard InChI is InChI=1S/C10H5Cl2FN2S/c11-6-2-1-3-7(4-6)16-9-8(13)5-14-10(12)15-9/h1-5H. The third-order valence-electron chi connectivity index (χ3n) is 1.69. The highest BCUT2D eigenvalue weighted by molar-refractivity contribution is 7.99. The van der Waals surface area contributed by atoms with Gasteiger partial charge in [-0.25, -0.2) is 14.4 Å². The van der Waals surface area contributed by atoms with E-state index in [0.717, 1.165) is 22.9 Å². The summed E-state index contributed by atoms with van der Waals surface area (Å²) in [5, 5.41) is 0.791. The van der Waals surface area contributed by atoms with Crippen molar-refractivity contribution in [2.24, 2.45) is 0 Å². The molecule has 0 amide bonds. The van der Waals surface area contributed by atoms with E-state index < -0.39 is 5.82 Å². The van der Waals surface area contributed by atoms with Gasteiger partial charge in [-0.3, -0.25) is 0 Å². The van der Waals surface area contributed by atoms with E-state index in [1.54, 1.807) is 18.2 Å². The Balaban J connectivity index is 2.30. The van der Waals surface area contributed by atoms with E-state index in [1.165, 1.54) is 0 Å². The predicted octanol–water partition coefficient (Wildman–Crippen LogP) is 4.07. The van der Waals surface area contributed by atoms with Crippen molar-refractivity contribution < 1.29 is 4.39 Å². The van der Waals surface area contributed by atoms with E-state index in [-0.39, 0.29) is 10.3 Å². The smallest absolute Gasteiger partial charge is 0.223 e. The molecule has 2 aromatic rings. The Bertz CT molecular complexity index is 522. The average Bonchev–Trinajstić information content (AvgIpc) is 2.24. The third kappa shape index (κ3) is 2.84. The molecule has 1 aromatic heterocycles. The molecule has 0 fully saturated rings. The summed E-state index contributed by atoms with van der Waals surface area (Å²) in [4.78, 5) is 8.13. The first-order valence-corrected chi connectivity index (χ1v) is 5.84. The summed E-state index contributed by atoms with van der Waals surface area (Å²) in [6.07, 6.45) is 1.04. The minimum absolute atomic E-state index is 0.0194. The number of hydrogen-bond acceptors (Lipinski definition) is 3. The van der Waals surface area contributed by atoms with E-state index in [2.05, 4.69) is 9.97 Å². The molecule has 0 saturated heterocycles. The lowest BCUT2D eigenvalue weighted by Gasteiger charge is -2.02. The quantitative estimate of drug-likeness (QED) is 0.610. The van der Waals surface area contributed by atoms with Crippen molar-refractivity contribution in [3.63, 3.8) is 0 Å². The molecule has 0 aliphatic heterocycles. The minimum Gasteiger partial charge on any atom is -0.223 e. The topological polar surface area (TPSA) is 25.8 Å². The zero-order valence-electron chi connectivity index (χ0n) is 7.82. The molecule has 0 atom stereocenters. The van der Waals surface area contributed by atoms with Gasteiger partial charge >= 0.3 is 0 Å². The molecule has 0 radical (unpaired) electrons. The fraction of sp³-hybridized carbons (Fsp3) is 0. The van der Waals surface area contributed by atoms with Gasteiger partial charge < -0.3 is 0 Å². The molecule has 82 valence electrons. The Morgan fingerprint density at radius 3 is 2.81 bits per heavy atom. The predicted molar refractivity (Wildman–Crippen MR) is 62.6 cm³/mol. The fourth-order valence-electron chi connectivity index (χ4n) is 1.04. The van der Waals surface area contributed by atoms with Crippen LogP contribution in [-0.4, -0.2) is 9.97 Å². The van der Waals surface area contributed by atoms with Crippen LogP contribution in [0.5, 0.6) is 0 Å². The summed E-state index contributed by atoms with van der Waals surface area (Å²) in [6.45, 7) is 0. The van der Waals surface area contributed by atoms with Gasteiger partial charge in [0.25, 0.3) is 0 Å². The van der Waals surface area contributed by atoms with Gasteiger partial charge in [-0.15, -0.1) is 0 Å². The maximum Gasteiger partial charge on any atom is 0.223 e. The van der Waals surface area contributed by atoms with Gasteiger partial charge in [0.2, 0.25) is 5.28 Å². The second kappa shape index (κ2) is 4.99. The van der Waals surface area contributed by atoms with Crippen molar-refractivity contribution in [3.8, 4) is 0 Å². The van der Waals surface area contributed by atoms with E-state index in [9.17, 15) is 4.39 Å². The average molecular weight is 275 g/mol. The van der Waals surface area contributed by atoms with Crippen LogP contribution in [-0.2, 0) is 0 Å². The summed E-state index contributed by atoms with van der Waals surface area (Å²) < 4.78 is 13.3. The molecule has 6 heteroatoms. The summed E-state index contributed by atoms with van der Waals surface area (Å²) in [5.41, 5.74) is 0. The van der Waals surface area contributed by atoms with Gasteiger partial charge in [-0.05, 0) is 29.8 Å². The lowest BCUT2D eigenvalue weighted by molar-refractivity contribution is 0.579. The summed E-state index contributed by atoms with van der Waals surface area (Å²) in [7, 11) is 0. The van der Waals surface area contributed by atoms with Crippen molar-refractivity contribution in [2.45, 2.75) is 9.92 Å². The van der Waals surface area contributed by atoms with Crippen LogP contribution in [0.25, 0.3) is 0 Å². The second-order valence-electron chi connectivity index (χ2n) is 2.85. The lowest BCUT2D eigenvalue weighted by Crippen LogP contribution is -1.90. The number of nitrogens with zero attached hydrogens (tertiary/aromatic N) is 2. The van der Waals surface area contributed by atoms with Gasteiger partial charge in [0.15, 0.2) is 5.82 Å². The van der Waals surface area contributed by atoms with Crippen LogP contribution in [0.15, 0.2) is 40.4 Å². The van der Waals surface area contributed by atoms with E-state index in [1.807, 2.05) is 6.07 Å². The van der Waals surface area contributed by atoms with E-state index in [4.69, 9.17) is 23.2 Å². The number of hydrogen-bond donors (Lipinski definition) is 0. The molecule has 0 saturated carbocycles. The molecule has 0 N–H and O–H groups in total. The lowest BCUT2D eigenvalue weighted by atomic mass is 10.4. The van der Waals surface area contributed by atoms with Crippen molar-refractivity contribution in [1.29, 1.82) is 0 Å². The Morgan fingerprint density at radius 2 is 2.06 bits per heavy atom. The Labute approximate surface area is 106 Å². The van der Waals surface area contributed by atoms with Gasteiger partial charge in [0.05, 0.1) is 6.20 Å². The largest absolute Gasteiger partial charge is 0.223 e. The van der Waals surface area contributed by atoms with E-state index >= 15 is 0 Å². The monoisotopic (exact) mass is 274 g/mol. The molecule has 1 aromatic carbocycles. The molecule has 0 unspecified atom stereocenters. The molecule has 1 heterocycles. The van der Waals surface area contributed by atoms with Gasteiger partial charge in [0, 0.05) is 9.92 Å². The maximum absolute atomic E-state index is 13.3. The number of aromatic nitrogens is 2. The normalized spacial score (nSPS) is 10.4. The highest BCUT2D eigenvalue weighted by Crippen LogP contribution is 2.29. The van der Waals surface area contributed by atoms with Crippen molar-refractivity contribution >= 4 is 35.0 Å².